The number of unbranched alkanes of at least 4 members (excludes halogenated alkanes) is 2. The molecule has 0 aromatic rings. The van der Waals surface area contributed by atoms with E-state index in [4.69, 9.17) is 0 Å². The molecule has 0 heterocycles. The monoisotopic (exact) mass is 218 g/mol. The number of thioether (sulfide) groups is 1. The van der Waals surface area contributed by atoms with Crippen molar-refractivity contribution in [3.63, 3.8) is 0 Å². The standard InChI is InChI=1S/C11H26N2S/c1-4-5-6-7-12-8-9-13(2)10-11-14-3/h12H,4-11H2,1-3H3. The van der Waals surface area contributed by atoms with Gasteiger partial charge in [0.15, 0.2) is 0 Å². The van der Waals surface area contributed by atoms with E-state index in [1.54, 1.807) is 0 Å². The average molecular weight is 218 g/mol. The Morgan fingerprint density at radius 3 is 2.57 bits per heavy atom. The maximum Gasteiger partial charge on any atom is 0.0104 e. The van der Waals surface area contributed by atoms with E-state index < -0.39 is 0 Å². The van der Waals surface area contributed by atoms with Gasteiger partial charge in [0.05, 0.1) is 0 Å². The fourth-order valence-corrected chi connectivity index (χ4v) is 1.75. The van der Waals surface area contributed by atoms with Crippen LogP contribution in [0.25, 0.3) is 0 Å². The van der Waals surface area contributed by atoms with Crippen molar-refractivity contribution >= 4 is 11.8 Å². The molecule has 0 bridgehead atoms. The lowest BCUT2D eigenvalue weighted by Gasteiger charge is -2.15. The zero-order chi connectivity index (χ0) is 10.6. The van der Waals surface area contributed by atoms with Crippen molar-refractivity contribution in [2.45, 2.75) is 26.2 Å². The molecule has 0 unspecified atom stereocenters. The number of nitrogens with zero attached hydrogens (tertiary/aromatic N) is 1. The summed E-state index contributed by atoms with van der Waals surface area (Å²) in [4.78, 5) is 2.39. The molecule has 2 nitrogen and oxygen atoms in total. The second-order valence-electron chi connectivity index (χ2n) is 3.75. The van der Waals surface area contributed by atoms with Crippen molar-refractivity contribution in [2.75, 3.05) is 45.2 Å². The third-order valence-electron chi connectivity index (χ3n) is 2.30. The van der Waals surface area contributed by atoms with Crippen LogP contribution in [0.1, 0.15) is 26.2 Å². The van der Waals surface area contributed by atoms with Gasteiger partial charge < -0.3 is 10.2 Å². The summed E-state index contributed by atoms with van der Waals surface area (Å²) >= 11 is 1.92. The van der Waals surface area contributed by atoms with Crippen molar-refractivity contribution in [2.24, 2.45) is 0 Å². The highest BCUT2D eigenvalue weighted by Crippen LogP contribution is 1.93. The topological polar surface area (TPSA) is 15.3 Å². The molecule has 0 amide bonds. The molecular formula is C11H26N2S. The van der Waals surface area contributed by atoms with Crippen LogP contribution in [0.15, 0.2) is 0 Å². The van der Waals surface area contributed by atoms with E-state index in [2.05, 4.69) is 30.4 Å². The summed E-state index contributed by atoms with van der Waals surface area (Å²) in [6.45, 7) is 6.94. The molecule has 0 fully saturated rings. The van der Waals surface area contributed by atoms with Crippen LogP contribution in [0.5, 0.6) is 0 Å². The van der Waals surface area contributed by atoms with Crippen LogP contribution in [-0.4, -0.2) is 50.1 Å². The smallest absolute Gasteiger partial charge is 0.0104 e. The third-order valence-corrected chi connectivity index (χ3v) is 2.90. The van der Waals surface area contributed by atoms with Gasteiger partial charge in [0.2, 0.25) is 0 Å². The summed E-state index contributed by atoms with van der Waals surface area (Å²) in [7, 11) is 2.20. The van der Waals surface area contributed by atoms with Crippen molar-refractivity contribution in [3.05, 3.63) is 0 Å². The molecule has 0 rings (SSSR count). The number of hydrogen-bond donors (Lipinski definition) is 1. The van der Waals surface area contributed by atoms with Crippen molar-refractivity contribution in [1.82, 2.24) is 10.2 Å². The van der Waals surface area contributed by atoms with Crippen LogP contribution in [0.2, 0.25) is 0 Å². The minimum absolute atomic E-state index is 1.13. The van der Waals surface area contributed by atoms with Gasteiger partial charge in [0.1, 0.15) is 0 Å². The highest BCUT2D eigenvalue weighted by atomic mass is 32.2. The molecule has 0 aliphatic carbocycles. The summed E-state index contributed by atoms with van der Waals surface area (Å²) in [6.07, 6.45) is 6.16. The molecule has 0 radical (unpaired) electrons. The Morgan fingerprint density at radius 2 is 1.93 bits per heavy atom. The van der Waals surface area contributed by atoms with Gasteiger partial charge in [-0.2, -0.15) is 11.8 Å². The second-order valence-corrected chi connectivity index (χ2v) is 4.74. The van der Waals surface area contributed by atoms with E-state index >= 15 is 0 Å². The molecule has 1 N–H and O–H groups in total. The third kappa shape index (κ3) is 10.4. The first-order valence-corrected chi connectivity index (χ1v) is 7.08. The van der Waals surface area contributed by atoms with Crippen LogP contribution in [-0.2, 0) is 0 Å². The zero-order valence-electron chi connectivity index (χ0n) is 10.0. The summed E-state index contributed by atoms with van der Waals surface area (Å²) in [5, 5.41) is 3.48. The Balaban J connectivity index is 3.02. The fourth-order valence-electron chi connectivity index (χ4n) is 1.25. The van der Waals surface area contributed by atoms with Crippen LogP contribution in [0.3, 0.4) is 0 Å². The first-order chi connectivity index (χ1) is 6.81. The number of nitrogens with one attached hydrogen (secondary N) is 1. The van der Waals surface area contributed by atoms with Crippen LogP contribution < -0.4 is 5.32 Å². The maximum absolute atomic E-state index is 3.48. The Bertz CT molecular complexity index is 109. The molecular weight excluding hydrogens is 192 g/mol. The van der Waals surface area contributed by atoms with Crippen molar-refractivity contribution < 1.29 is 0 Å². The number of likely N-dealkylation sites (N-methyl/N-ethyl adjacent to an activating group) is 1. The quantitative estimate of drug-likeness (QED) is 0.565. The van der Waals surface area contributed by atoms with E-state index in [-0.39, 0.29) is 0 Å². The minimum atomic E-state index is 1.13. The van der Waals surface area contributed by atoms with E-state index in [1.165, 1.54) is 44.6 Å². The van der Waals surface area contributed by atoms with Crippen LogP contribution >= 0.6 is 11.8 Å². The van der Waals surface area contributed by atoms with E-state index in [1.807, 2.05) is 11.8 Å². The van der Waals surface area contributed by atoms with E-state index in [9.17, 15) is 0 Å². The summed E-state index contributed by atoms with van der Waals surface area (Å²) in [5.74, 6) is 1.24. The van der Waals surface area contributed by atoms with Gasteiger partial charge in [-0.25, -0.2) is 0 Å². The highest BCUT2D eigenvalue weighted by Gasteiger charge is 1.96. The molecule has 14 heavy (non-hydrogen) atoms. The molecule has 0 spiro atoms. The first-order valence-electron chi connectivity index (χ1n) is 5.69. The number of hydrogen-bond acceptors (Lipinski definition) is 3. The molecule has 86 valence electrons. The molecule has 0 aliphatic rings. The predicted octanol–water partition coefficient (Wildman–Crippen LogP) is 2.06. The lowest BCUT2D eigenvalue weighted by Crippen LogP contribution is -2.31. The molecule has 0 aromatic heterocycles. The summed E-state index contributed by atoms with van der Waals surface area (Å²) in [5.41, 5.74) is 0. The average Bonchev–Trinajstić information content (AvgIpc) is 2.20. The van der Waals surface area contributed by atoms with Gasteiger partial charge in [-0.3, -0.25) is 0 Å². The normalized spacial score (nSPS) is 11.1. The molecule has 0 aliphatic heterocycles. The van der Waals surface area contributed by atoms with Crippen LogP contribution in [0.4, 0.5) is 0 Å². The summed E-state index contributed by atoms with van der Waals surface area (Å²) in [6, 6.07) is 0. The van der Waals surface area contributed by atoms with Crippen molar-refractivity contribution in [3.8, 4) is 0 Å². The molecule has 0 saturated heterocycles. The fraction of sp³-hybridized carbons (Fsp3) is 1.00. The van der Waals surface area contributed by atoms with Gasteiger partial charge in [-0.05, 0) is 26.3 Å². The van der Waals surface area contributed by atoms with Gasteiger partial charge >= 0.3 is 0 Å². The summed E-state index contributed by atoms with van der Waals surface area (Å²) < 4.78 is 0. The second kappa shape index (κ2) is 11.3. The van der Waals surface area contributed by atoms with E-state index in [0.717, 1.165) is 6.54 Å². The Morgan fingerprint density at radius 1 is 1.14 bits per heavy atom. The molecule has 0 atom stereocenters. The van der Waals surface area contributed by atoms with Gasteiger partial charge in [-0.1, -0.05) is 19.8 Å². The lowest BCUT2D eigenvalue weighted by atomic mass is 10.2. The molecule has 0 saturated carbocycles. The van der Waals surface area contributed by atoms with Gasteiger partial charge in [-0.15, -0.1) is 0 Å². The van der Waals surface area contributed by atoms with Gasteiger partial charge in [0.25, 0.3) is 0 Å². The lowest BCUT2D eigenvalue weighted by molar-refractivity contribution is 0.351. The zero-order valence-corrected chi connectivity index (χ0v) is 10.8. The minimum Gasteiger partial charge on any atom is -0.315 e. The molecule has 3 heteroatoms. The Kier molecular flexibility index (Phi) is 11.6. The van der Waals surface area contributed by atoms with E-state index in [0.29, 0.717) is 0 Å². The maximum atomic E-state index is 3.48. The molecule has 0 aromatic carbocycles. The van der Waals surface area contributed by atoms with Gasteiger partial charge in [0, 0.05) is 25.4 Å². The predicted molar refractivity (Wildman–Crippen MR) is 68.3 cm³/mol. The Hall–Kier alpha value is 0.270. The Labute approximate surface area is 93.8 Å². The largest absolute Gasteiger partial charge is 0.315 e. The van der Waals surface area contributed by atoms with Crippen LogP contribution in [0, 0.1) is 0 Å². The van der Waals surface area contributed by atoms with Crippen molar-refractivity contribution in [1.29, 1.82) is 0 Å². The highest BCUT2D eigenvalue weighted by molar-refractivity contribution is 7.98. The first kappa shape index (κ1) is 14.3. The SMILES string of the molecule is CCCCCNCCN(C)CCSC. The number of rotatable bonds is 10.